The number of carbonyl (C=O) groups is 1. The van der Waals surface area contributed by atoms with Crippen LogP contribution >= 0.6 is 0 Å². The number of aryl methyl sites for hydroxylation is 1. The average molecular weight is 338 g/mol. The van der Waals surface area contributed by atoms with Crippen LogP contribution < -0.4 is 5.32 Å². The van der Waals surface area contributed by atoms with Crippen LogP contribution in [0.15, 0.2) is 36.7 Å². The molecule has 1 aliphatic rings. The van der Waals surface area contributed by atoms with Crippen molar-refractivity contribution in [1.82, 2.24) is 14.9 Å². The zero-order chi connectivity index (χ0) is 17.6. The minimum atomic E-state index is 0.0524. The number of carbonyl (C=O) groups excluding carboxylic acids is 1. The number of anilines is 1. The molecule has 1 amide bonds. The van der Waals surface area contributed by atoms with Gasteiger partial charge in [0.2, 0.25) is 5.95 Å². The van der Waals surface area contributed by atoms with Gasteiger partial charge in [0.1, 0.15) is 0 Å². The molecular weight excluding hydrogens is 312 g/mol. The molecule has 1 aliphatic heterocycles. The third kappa shape index (κ3) is 4.35. The molecule has 2 aromatic rings. The van der Waals surface area contributed by atoms with Crippen molar-refractivity contribution in [2.24, 2.45) is 0 Å². The lowest BCUT2D eigenvalue weighted by molar-refractivity contribution is 0.0607. The zero-order valence-corrected chi connectivity index (χ0v) is 15.0. The molecule has 0 aliphatic carbocycles. The number of amides is 1. The molecule has 0 saturated carbocycles. The summed E-state index contributed by atoms with van der Waals surface area (Å²) in [5.41, 5.74) is 2.99. The SMILES string of the molecule is CCC1CCCCN1C(=O)c1cnc(NCc2ccc(C)cc2)nc1. The summed E-state index contributed by atoms with van der Waals surface area (Å²) < 4.78 is 0. The predicted octanol–water partition coefficient (Wildman–Crippen LogP) is 3.80. The normalized spacial score (nSPS) is 17.4. The molecule has 1 N–H and O–H groups in total. The lowest BCUT2D eigenvalue weighted by atomic mass is 9.99. The Kier molecular flexibility index (Phi) is 5.64. The maximum Gasteiger partial charge on any atom is 0.257 e. The first-order valence-corrected chi connectivity index (χ1v) is 9.10. The van der Waals surface area contributed by atoms with Crippen LogP contribution in [0.1, 0.15) is 54.1 Å². The van der Waals surface area contributed by atoms with E-state index >= 15 is 0 Å². The second-order valence-corrected chi connectivity index (χ2v) is 6.69. The fraction of sp³-hybridized carbons (Fsp3) is 0.450. The van der Waals surface area contributed by atoms with Gasteiger partial charge in [-0.1, -0.05) is 36.8 Å². The summed E-state index contributed by atoms with van der Waals surface area (Å²) in [6.07, 6.45) is 7.66. The number of aromatic nitrogens is 2. The van der Waals surface area contributed by atoms with Crippen molar-refractivity contribution in [3.63, 3.8) is 0 Å². The third-order valence-corrected chi connectivity index (χ3v) is 4.83. The van der Waals surface area contributed by atoms with Gasteiger partial charge in [-0.05, 0) is 38.2 Å². The van der Waals surface area contributed by atoms with Crippen molar-refractivity contribution < 1.29 is 4.79 Å². The van der Waals surface area contributed by atoms with Crippen molar-refractivity contribution in [2.45, 2.75) is 52.1 Å². The number of nitrogens with zero attached hydrogens (tertiary/aromatic N) is 3. The van der Waals surface area contributed by atoms with Crippen LogP contribution in [0.3, 0.4) is 0 Å². The standard InChI is InChI=1S/C20H26N4O/c1-3-18-6-4-5-11-24(18)19(25)17-13-22-20(23-14-17)21-12-16-9-7-15(2)8-10-16/h7-10,13-14,18H,3-6,11-12H2,1-2H3,(H,21,22,23). The van der Waals surface area contributed by atoms with Crippen molar-refractivity contribution in [1.29, 1.82) is 0 Å². The van der Waals surface area contributed by atoms with E-state index in [4.69, 9.17) is 0 Å². The quantitative estimate of drug-likeness (QED) is 0.901. The average Bonchev–Trinajstić information content (AvgIpc) is 2.67. The van der Waals surface area contributed by atoms with E-state index in [9.17, 15) is 4.79 Å². The first kappa shape index (κ1) is 17.4. The minimum absolute atomic E-state index is 0.0524. The van der Waals surface area contributed by atoms with Crippen LogP contribution in [-0.4, -0.2) is 33.4 Å². The topological polar surface area (TPSA) is 58.1 Å². The van der Waals surface area contributed by atoms with Crippen LogP contribution in [-0.2, 0) is 6.54 Å². The van der Waals surface area contributed by atoms with Crippen LogP contribution in [0.5, 0.6) is 0 Å². The molecule has 1 aromatic heterocycles. The maximum atomic E-state index is 12.7. The zero-order valence-electron chi connectivity index (χ0n) is 15.0. The second-order valence-electron chi connectivity index (χ2n) is 6.69. The molecule has 1 unspecified atom stereocenters. The molecule has 1 aromatic carbocycles. The number of hydrogen-bond acceptors (Lipinski definition) is 4. The molecule has 1 fully saturated rings. The summed E-state index contributed by atoms with van der Waals surface area (Å²) in [6, 6.07) is 8.69. The Labute approximate surface area is 149 Å². The van der Waals surface area contributed by atoms with Gasteiger partial charge in [0, 0.05) is 31.5 Å². The first-order chi connectivity index (χ1) is 12.2. The Balaban J connectivity index is 1.61. The van der Waals surface area contributed by atoms with Gasteiger partial charge in [-0.25, -0.2) is 9.97 Å². The number of likely N-dealkylation sites (tertiary alicyclic amines) is 1. The Bertz CT molecular complexity index is 697. The van der Waals surface area contributed by atoms with Gasteiger partial charge < -0.3 is 10.2 Å². The Morgan fingerprint density at radius 1 is 1.20 bits per heavy atom. The van der Waals surface area contributed by atoms with Gasteiger partial charge in [-0.2, -0.15) is 0 Å². The van der Waals surface area contributed by atoms with E-state index < -0.39 is 0 Å². The molecule has 2 heterocycles. The van der Waals surface area contributed by atoms with Crippen LogP contribution in [0.4, 0.5) is 5.95 Å². The van der Waals surface area contributed by atoms with E-state index in [1.165, 1.54) is 17.5 Å². The van der Waals surface area contributed by atoms with E-state index in [1.807, 2.05) is 4.90 Å². The summed E-state index contributed by atoms with van der Waals surface area (Å²) in [6.45, 7) is 5.72. The highest BCUT2D eigenvalue weighted by Gasteiger charge is 2.26. The highest BCUT2D eigenvalue weighted by molar-refractivity contribution is 5.94. The van der Waals surface area contributed by atoms with Crippen LogP contribution in [0, 0.1) is 6.92 Å². The largest absolute Gasteiger partial charge is 0.350 e. The fourth-order valence-corrected chi connectivity index (χ4v) is 3.28. The van der Waals surface area contributed by atoms with Crippen molar-refractivity contribution in [2.75, 3.05) is 11.9 Å². The number of nitrogens with one attached hydrogen (secondary N) is 1. The monoisotopic (exact) mass is 338 g/mol. The van der Waals surface area contributed by atoms with E-state index in [-0.39, 0.29) is 5.91 Å². The molecule has 5 nitrogen and oxygen atoms in total. The highest BCUT2D eigenvalue weighted by atomic mass is 16.2. The van der Waals surface area contributed by atoms with Crippen LogP contribution in [0.25, 0.3) is 0 Å². The minimum Gasteiger partial charge on any atom is -0.350 e. The lowest BCUT2D eigenvalue weighted by Crippen LogP contribution is -2.43. The molecule has 0 bridgehead atoms. The van der Waals surface area contributed by atoms with Crippen LogP contribution in [0.2, 0.25) is 0 Å². The van der Waals surface area contributed by atoms with Gasteiger partial charge in [0.05, 0.1) is 5.56 Å². The van der Waals surface area contributed by atoms with Gasteiger partial charge in [0.25, 0.3) is 5.91 Å². The molecular formula is C20H26N4O. The summed E-state index contributed by atoms with van der Waals surface area (Å²) in [5.74, 6) is 0.597. The number of piperidine rings is 1. The summed E-state index contributed by atoms with van der Waals surface area (Å²) >= 11 is 0. The smallest absolute Gasteiger partial charge is 0.257 e. The number of benzene rings is 1. The molecule has 5 heteroatoms. The third-order valence-electron chi connectivity index (χ3n) is 4.83. The van der Waals surface area contributed by atoms with E-state index in [1.54, 1.807) is 12.4 Å². The fourth-order valence-electron chi connectivity index (χ4n) is 3.28. The molecule has 0 radical (unpaired) electrons. The van der Waals surface area contributed by atoms with Crippen molar-refractivity contribution in [3.8, 4) is 0 Å². The summed E-state index contributed by atoms with van der Waals surface area (Å²) in [7, 11) is 0. The Morgan fingerprint density at radius 3 is 2.60 bits per heavy atom. The first-order valence-electron chi connectivity index (χ1n) is 9.10. The van der Waals surface area contributed by atoms with Gasteiger partial charge in [0.15, 0.2) is 0 Å². The number of rotatable bonds is 5. The van der Waals surface area contributed by atoms with E-state index in [2.05, 4.69) is 53.4 Å². The molecule has 1 saturated heterocycles. The highest BCUT2D eigenvalue weighted by Crippen LogP contribution is 2.21. The van der Waals surface area contributed by atoms with Crippen molar-refractivity contribution >= 4 is 11.9 Å². The van der Waals surface area contributed by atoms with E-state index in [0.29, 0.717) is 24.1 Å². The lowest BCUT2D eigenvalue weighted by Gasteiger charge is -2.35. The van der Waals surface area contributed by atoms with Gasteiger partial charge in [-0.3, -0.25) is 4.79 Å². The van der Waals surface area contributed by atoms with Gasteiger partial charge >= 0.3 is 0 Å². The molecule has 1 atom stereocenters. The van der Waals surface area contributed by atoms with Crippen molar-refractivity contribution in [3.05, 3.63) is 53.3 Å². The molecule has 25 heavy (non-hydrogen) atoms. The molecule has 3 rings (SSSR count). The van der Waals surface area contributed by atoms with E-state index in [0.717, 1.165) is 25.8 Å². The molecule has 132 valence electrons. The molecule has 0 spiro atoms. The maximum absolute atomic E-state index is 12.7. The second kappa shape index (κ2) is 8.10. The Hall–Kier alpha value is -2.43. The summed E-state index contributed by atoms with van der Waals surface area (Å²) in [4.78, 5) is 23.3. The number of hydrogen-bond donors (Lipinski definition) is 1. The Morgan fingerprint density at radius 2 is 1.92 bits per heavy atom. The summed E-state index contributed by atoms with van der Waals surface area (Å²) in [5, 5.41) is 3.20. The predicted molar refractivity (Wildman–Crippen MR) is 99.5 cm³/mol. The van der Waals surface area contributed by atoms with Gasteiger partial charge in [-0.15, -0.1) is 0 Å².